The monoisotopic (exact) mass is 322 g/mol. The van der Waals surface area contributed by atoms with Gasteiger partial charge < -0.3 is 19.7 Å². The van der Waals surface area contributed by atoms with E-state index in [1.807, 2.05) is 0 Å². The third-order valence-corrected chi connectivity index (χ3v) is 3.37. The Morgan fingerprint density at radius 2 is 1.82 bits per heavy atom. The normalized spacial score (nSPS) is 14.2. The van der Waals surface area contributed by atoms with Gasteiger partial charge in [0.1, 0.15) is 17.6 Å². The third-order valence-electron chi connectivity index (χ3n) is 2.37. The van der Waals surface area contributed by atoms with Crippen molar-refractivity contribution in [3.63, 3.8) is 0 Å². The first-order chi connectivity index (χ1) is 8.04. The van der Waals surface area contributed by atoms with Crippen molar-refractivity contribution < 1.29 is 19.7 Å². The molecule has 0 saturated heterocycles. The van der Waals surface area contributed by atoms with E-state index in [1.54, 1.807) is 12.1 Å². The molecule has 0 aromatic heterocycles. The van der Waals surface area contributed by atoms with Crippen LogP contribution >= 0.6 is 28.6 Å². The van der Waals surface area contributed by atoms with Crippen LogP contribution in [0.15, 0.2) is 16.6 Å². The van der Waals surface area contributed by atoms with Gasteiger partial charge in [-0.25, -0.2) is 0 Å². The Balaban J connectivity index is 3.20. The molecule has 4 nitrogen and oxygen atoms in total. The van der Waals surface area contributed by atoms with E-state index in [2.05, 4.69) is 28.6 Å². The van der Waals surface area contributed by atoms with Crippen LogP contribution in [0.25, 0.3) is 0 Å². The number of hydrogen-bond acceptors (Lipinski definition) is 5. The van der Waals surface area contributed by atoms with Gasteiger partial charge in [-0.3, -0.25) is 0 Å². The zero-order chi connectivity index (χ0) is 13.0. The highest BCUT2D eigenvalue weighted by Crippen LogP contribution is 2.36. The molecule has 0 spiro atoms. The highest BCUT2D eigenvalue weighted by molar-refractivity contribution is 9.10. The molecule has 1 aromatic rings. The average Bonchev–Trinajstić information content (AvgIpc) is 2.36. The number of ether oxygens (including phenoxy) is 2. The van der Waals surface area contributed by atoms with Gasteiger partial charge >= 0.3 is 0 Å². The van der Waals surface area contributed by atoms with Crippen LogP contribution in [0.2, 0.25) is 0 Å². The summed E-state index contributed by atoms with van der Waals surface area (Å²) >= 11 is 7.27. The molecule has 2 unspecified atom stereocenters. The summed E-state index contributed by atoms with van der Waals surface area (Å²) in [6, 6.07) is 3.31. The molecule has 0 saturated carbocycles. The Labute approximate surface area is 114 Å². The number of aliphatic hydroxyl groups is 2. The van der Waals surface area contributed by atoms with E-state index < -0.39 is 12.2 Å². The molecular formula is C11H15BrO4S. The number of thiol groups is 1. The van der Waals surface area contributed by atoms with Crippen LogP contribution in [0.4, 0.5) is 0 Å². The van der Waals surface area contributed by atoms with E-state index >= 15 is 0 Å². The molecule has 0 heterocycles. The van der Waals surface area contributed by atoms with Crippen molar-refractivity contribution in [3.05, 3.63) is 22.2 Å². The molecule has 0 aliphatic carbocycles. The predicted molar refractivity (Wildman–Crippen MR) is 72.1 cm³/mol. The van der Waals surface area contributed by atoms with Gasteiger partial charge in [-0.15, -0.1) is 0 Å². The average molecular weight is 323 g/mol. The maximum absolute atomic E-state index is 9.96. The molecule has 96 valence electrons. The quantitative estimate of drug-likeness (QED) is 0.723. The Hall–Kier alpha value is -0.430. The van der Waals surface area contributed by atoms with Crippen LogP contribution < -0.4 is 9.47 Å². The van der Waals surface area contributed by atoms with Gasteiger partial charge in [0.25, 0.3) is 0 Å². The van der Waals surface area contributed by atoms with E-state index in [0.717, 1.165) is 0 Å². The lowest BCUT2D eigenvalue weighted by molar-refractivity contribution is 0.0321. The van der Waals surface area contributed by atoms with Gasteiger partial charge in [0.05, 0.1) is 24.8 Å². The molecule has 17 heavy (non-hydrogen) atoms. The third kappa shape index (κ3) is 3.28. The first-order valence-electron chi connectivity index (χ1n) is 4.93. The minimum atomic E-state index is -1.07. The summed E-state index contributed by atoms with van der Waals surface area (Å²) < 4.78 is 11.0. The second kappa shape index (κ2) is 6.49. The SMILES string of the molecule is COc1cc(C(O)C(O)CS)c(OC)cc1Br. The molecule has 6 heteroatoms. The minimum Gasteiger partial charge on any atom is -0.496 e. The van der Waals surface area contributed by atoms with Gasteiger partial charge in [0, 0.05) is 11.3 Å². The van der Waals surface area contributed by atoms with Crippen molar-refractivity contribution in [3.8, 4) is 11.5 Å². The van der Waals surface area contributed by atoms with E-state index in [9.17, 15) is 10.2 Å². The van der Waals surface area contributed by atoms with Crippen LogP contribution in [0.3, 0.4) is 0 Å². The largest absolute Gasteiger partial charge is 0.496 e. The van der Waals surface area contributed by atoms with E-state index in [4.69, 9.17) is 9.47 Å². The van der Waals surface area contributed by atoms with Gasteiger partial charge in [-0.05, 0) is 28.1 Å². The van der Waals surface area contributed by atoms with Crippen molar-refractivity contribution in [1.82, 2.24) is 0 Å². The van der Waals surface area contributed by atoms with Crippen molar-refractivity contribution in [2.45, 2.75) is 12.2 Å². The number of benzene rings is 1. The van der Waals surface area contributed by atoms with Gasteiger partial charge in [0.2, 0.25) is 0 Å². The highest BCUT2D eigenvalue weighted by atomic mass is 79.9. The second-order valence-electron chi connectivity index (χ2n) is 3.42. The summed E-state index contributed by atoms with van der Waals surface area (Å²) in [6.45, 7) is 0. The number of hydrogen-bond donors (Lipinski definition) is 3. The molecule has 1 aromatic carbocycles. The summed E-state index contributed by atoms with van der Waals surface area (Å²) in [7, 11) is 3.02. The minimum absolute atomic E-state index is 0.155. The van der Waals surface area contributed by atoms with Crippen molar-refractivity contribution >= 4 is 28.6 Å². The zero-order valence-corrected chi connectivity index (χ0v) is 12.0. The highest BCUT2D eigenvalue weighted by Gasteiger charge is 2.22. The lowest BCUT2D eigenvalue weighted by Gasteiger charge is -2.20. The maximum atomic E-state index is 9.96. The van der Waals surface area contributed by atoms with Crippen LogP contribution in [0, 0.1) is 0 Å². The molecule has 0 aliphatic rings. The smallest absolute Gasteiger partial charge is 0.133 e. The molecule has 2 N–H and O–H groups in total. The molecule has 1 rings (SSSR count). The second-order valence-corrected chi connectivity index (χ2v) is 4.64. The molecule has 0 fully saturated rings. The molecule has 0 bridgehead atoms. The standard InChI is InChI=1S/C11H15BrO4S/c1-15-9-4-7(12)10(16-2)3-6(9)11(14)8(13)5-17/h3-4,8,11,13-14,17H,5H2,1-2H3. The van der Waals surface area contributed by atoms with Crippen LogP contribution in [0.5, 0.6) is 11.5 Å². The fourth-order valence-corrected chi connectivity index (χ4v) is 2.11. The van der Waals surface area contributed by atoms with Crippen molar-refractivity contribution in [1.29, 1.82) is 0 Å². The van der Waals surface area contributed by atoms with E-state index in [1.165, 1.54) is 14.2 Å². The van der Waals surface area contributed by atoms with Crippen LogP contribution in [-0.2, 0) is 0 Å². The van der Waals surface area contributed by atoms with Crippen molar-refractivity contribution in [2.75, 3.05) is 20.0 Å². The predicted octanol–water partition coefficient (Wildman–Crippen LogP) is 1.79. The van der Waals surface area contributed by atoms with Gasteiger partial charge in [-0.1, -0.05) is 0 Å². The first kappa shape index (κ1) is 14.6. The van der Waals surface area contributed by atoms with Gasteiger partial charge in [-0.2, -0.15) is 12.6 Å². The first-order valence-corrected chi connectivity index (χ1v) is 6.36. The Morgan fingerprint density at radius 1 is 1.24 bits per heavy atom. The Kier molecular flexibility index (Phi) is 5.58. The Morgan fingerprint density at radius 3 is 2.29 bits per heavy atom. The fourth-order valence-electron chi connectivity index (χ4n) is 1.42. The number of halogens is 1. The maximum Gasteiger partial charge on any atom is 0.133 e. The molecule has 0 aliphatic heterocycles. The van der Waals surface area contributed by atoms with E-state index in [-0.39, 0.29) is 5.75 Å². The molecule has 0 radical (unpaired) electrons. The summed E-state index contributed by atoms with van der Waals surface area (Å²) in [5.74, 6) is 1.19. The van der Waals surface area contributed by atoms with Gasteiger partial charge in [0.15, 0.2) is 0 Å². The molecular weight excluding hydrogens is 308 g/mol. The van der Waals surface area contributed by atoms with E-state index in [0.29, 0.717) is 21.5 Å². The topological polar surface area (TPSA) is 58.9 Å². The zero-order valence-electron chi connectivity index (χ0n) is 9.55. The van der Waals surface area contributed by atoms with Crippen LogP contribution in [0.1, 0.15) is 11.7 Å². The molecule has 0 amide bonds. The number of rotatable bonds is 5. The summed E-state index contributed by atoms with van der Waals surface area (Å²) in [4.78, 5) is 0. The lowest BCUT2D eigenvalue weighted by Crippen LogP contribution is -2.20. The summed E-state index contributed by atoms with van der Waals surface area (Å²) in [5, 5.41) is 19.6. The van der Waals surface area contributed by atoms with Crippen LogP contribution in [-0.4, -0.2) is 36.3 Å². The lowest BCUT2D eigenvalue weighted by atomic mass is 10.0. The summed E-state index contributed by atoms with van der Waals surface area (Å²) in [6.07, 6.45) is -2.03. The fraction of sp³-hybridized carbons (Fsp3) is 0.455. The Bertz CT molecular complexity index is 386. The summed E-state index contributed by atoms with van der Waals surface area (Å²) in [5.41, 5.74) is 0.467. The molecule has 2 atom stereocenters. The van der Waals surface area contributed by atoms with Crippen molar-refractivity contribution in [2.24, 2.45) is 0 Å². The number of methoxy groups -OCH3 is 2. The number of aliphatic hydroxyl groups excluding tert-OH is 2.